The van der Waals surface area contributed by atoms with Gasteiger partial charge in [0.15, 0.2) is 5.78 Å². The van der Waals surface area contributed by atoms with E-state index in [4.69, 9.17) is 0 Å². The summed E-state index contributed by atoms with van der Waals surface area (Å²) in [5, 5.41) is 0. The van der Waals surface area contributed by atoms with E-state index in [1.54, 1.807) is 0 Å². The van der Waals surface area contributed by atoms with Crippen molar-refractivity contribution in [3.63, 3.8) is 0 Å². The predicted octanol–water partition coefficient (Wildman–Crippen LogP) is 4.68. The Balaban J connectivity index is 2.81. The first-order chi connectivity index (χ1) is 7.70. The van der Waals surface area contributed by atoms with Gasteiger partial charge >= 0.3 is 0 Å². The topological polar surface area (TPSA) is 17.1 Å². The number of rotatable bonds is 3. The molecule has 1 rings (SSSR count). The predicted molar refractivity (Wildman–Crippen MR) is 79.8 cm³/mol. The number of Topliss-reactive ketones (excluding diaryl/α,β-unsaturated/α-hetero) is 1. The number of halogens is 2. The molecular weight excluding hydrogens is 344 g/mol. The van der Waals surface area contributed by atoms with E-state index in [1.165, 1.54) is 11.1 Å². The van der Waals surface area contributed by atoms with Crippen LogP contribution in [0.1, 0.15) is 31.9 Å². The molecule has 0 saturated heterocycles. The largest absolute Gasteiger partial charge is 0.298 e. The zero-order chi connectivity index (χ0) is 13.2. The number of hydrogen-bond acceptors (Lipinski definition) is 1. The summed E-state index contributed by atoms with van der Waals surface area (Å²) in [7, 11) is 0. The monoisotopic (exact) mass is 360 g/mol. The Morgan fingerprint density at radius 3 is 2.35 bits per heavy atom. The number of benzene rings is 1. The minimum absolute atomic E-state index is 0.115. The highest BCUT2D eigenvalue weighted by atomic mass is 79.9. The van der Waals surface area contributed by atoms with Crippen LogP contribution in [0.3, 0.4) is 0 Å². The van der Waals surface area contributed by atoms with Crippen molar-refractivity contribution in [2.24, 2.45) is 5.41 Å². The molecule has 17 heavy (non-hydrogen) atoms. The zero-order valence-corrected chi connectivity index (χ0v) is 13.9. The van der Waals surface area contributed by atoms with Crippen molar-refractivity contribution in [1.29, 1.82) is 0 Å². The Morgan fingerprint density at radius 2 is 1.88 bits per heavy atom. The van der Waals surface area contributed by atoms with Gasteiger partial charge in [-0.3, -0.25) is 4.79 Å². The SMILES string of the molecule is Cc1cc(Br)cc(CC(Br)C(=O)C(C)(C)C)c1. The number of carbonyl (C=O) groups is 1. The van der Waals surface area contributed by atoms with Gasteiger partial charge < -0.3 is 0 Å². The second-order valence-corrected chi connectivity index (χ2v) is 7.44. The fourth-order valence-electron chi connectivity index (χ4n) is 1.70. The highest BCUT2D eigenvalue weighted by molar-refractivity contribution is 9.10. The van der Waals surface area contributed by atoms with E-state index in [1.807, 2.05) is 20.8 Å². The second kappa shape index (κ2) is 5.66. The molecule has 0 aliphatic heterocycles. The van der Waals surface area contributed by atoms with Crippen molar-refractivity contribution in [2.75, 3.05) is 0 Å². The summed E-state index contributed by atoms with van der Waals surface area (Å²) in [6, 6.07) is 6.25. The molecule has 0 heterocycles. The highest BCUT2D eigenvalue weighted by Gasteiger charge is 2.27. The molecule has 0 N–H and O–H groups in total. The molecule has 1 nitrogen and oxygen atoms in total. The Kier molecular flexibility index (Phi) is 4.96. The number of carbonyl (C=O) groups excluding carboxylic acids is 1. The summed E-state index contributed by atoms with van der Waals surface area (Å²) in [5.41, 5.74) is 2.09. The molecule has 0 aromatic heterocycles. The lowest BCUT2D eigenvalue weighted by Crippen LogP contribution is -2.30. The van der Waals surface area contributed by atoms with Gasteiger partial charge in [0, 0.05) is 9.89 Å². The number of alkyl halides is 1. The van der Waals surface area contributed by atoms with Crippen molar-refractivity contribution < 1.29 is 4.79 Å². The molecule has 3 heteroatoms. The van der Waals surface area contributed by atoms with Gasteiger partial charge in [-0.2, -0.15) is 0 Å². The standard InChI is InChI=1S/C14H18Br2O/c1-9-5-10(7-11(15)6-9)8-12(16)13(17)14(2,3)4/h5-7,12H,8H2,1-4H3. The smallest absolute Gasteiger partial charge is 0.152 e. The number of hydrogen-bond donors (Lipinski definition) is 0. The van der Waals surface area contributed by atoms with Gasteiger partial charge in [0.05, 0.1) is 4.83 Å². The molecule has 1 unspecified atom stereocenters. The van der Waals surface area contributed by atoms with E-state index in [0.29, 0.717) is 0 Å². The van der Waals surface area contributed by atoms with Gasteiger partial charge in [0.1, 0.15) is 0 Å². The summed E-state index contributed by atoms with van der Waals surface area (Å²) in [6.07, 6.45) is 0.733. The van der Waals surface area contributed by atoms with E-state index in [-0.39, 0.29) is 16.0 Å². The van der Waals surface area contributed by atoms with Crippen LogP contribution in [0.2, 0.25) is 0 Å². The van der Waals surface area contributed by atoms with Crippen molar-refractivity contribution in [3.8, 4) is 0 Å². The molecule has 0 amide bonds. The average molecular weight is 362 g/mol. The van der Waals surface area contributed by atoms with Crippen molar-refractivity contribution in [3.05, 3.63) is 33.8 Å². The minimum Gasteiger partial charge on any atom is -0.298 e. The Labute approximate surface area is 120 Å². The summed E-state index contributed by atoms with van der Waals surface area (Å²) in [4.78, 5) is 12.0. The maximum atomic E-state index is 12.1. The lowest BCUT2D eigenvalue weighted by molar-refractivity contribution is -0.125. The van der Waals surface area contributed by atoms with Crippen molar-refractivity contribution in [1.82, 2.24) is 0 Å². The molecule has 0 bridgehead atoms. The molecule has 0 aliphatic carbocycles. The first-order valence-corrected chi connectivity index (χ1v) is 7.35. The van der Waals surface area contributed by atoms with Crippen LogP contribution in [0, 0.1) is 12.3 Å². The zero-order valence-electron chi connectivity index (χ0n) is 10.7. The number of ketones is 1. The van der Waals surface area contributed by atoms with Crippen LogP contribution in [-0.4, -0.2) is 10.6 Å². The summed E-state index contributed by atoms with van der Waals surface area (Å²) >= 11 is 6.98. The minimum atomic E-state index is -0.296. The maximum Gasteiger partial charge on any atom is 0.152 e. The van der Waals surface area contributed by atoms with Gasteiger partial charge in [-0.1, -0.05) is 58.7 Å². The summed E-state index contributed by atoms with van der Waals surface area (Å²) in [6.45, 7) is 7.92. The van der Waals surface area contributed by atoms with Crippen LogP contribution in [0.4, 0.5) is 0 Å². The van der Waals surface area contributed by atoms with Gasteiger partial charge in [0.25, 0.3) is 0 Å². The van der Waals surface area contributed by atoms with Crippen LogP contribution in [0.25, 0.3) is 0 Å². The van der Waals surface area contributed by atoms with Crippen LogP contribution in [-0.2, 0) is 11.2 Å². The van der Waals surface area contributed by atoms with Crippen LogP contribution in [0.15, 0.2) is 22.7 Å². The van der Waals surface area contributed by atoms with E-state index in [2.05, 4.69) is 57.0 Å². The molecule has 1 aromatic carbocycles. The van der Waals surface area contributed by atoms with Crippen LogP contribution in [0.5, 0.6) is 0 Å². The molecule has 0 spiro atoms. The first-order valence-electron chi connectivity index (χ1n) is 5.64. The maximum absolute atomic E-state index is 12.1. The fraction of sp³-hybridized carbons (Fsp3) is 0.500. The van der Waals surface area contributed by atoms with Gasteiger partial charge in [-0.25, -0.2) is 0 Å². The molecule has 94 valence electrons. The fourth-order valence-corrected chi connectivity index (χ4v) is 3.42. The quantitative estimate of drug-likeness (QED) is 0.714. The van der Waals surface area contributed by atoms with E-state index >= 15 is 0 Å². The van der Waals surface area contributed by atoms with Gasteiger partial charge in [-0.15, -0.1) is 0 Å². The first kappa shape index (κ1) is 14.9. The Morgan fingerprint density at radius 1 is 1.29 bits per heavy atom. The Hall–Kier alpha value is -0.150. The molecule has 0 radical (unpaired) electrons. The van der Waals surface area contributed by atoms with E-state index in [0.717, 1.165) is 10.9 Å². The number of aryl methyl sites for hydroxylation is 1. The summed E-state index contributed by atoms with van der Waals surface area (Å²) in [5.74, 6) is 0.245. The highest BCUT2D eigenvalue weighted by Crippen LogP contribution is 2.24. The van der Waals surface area contributed by atoms with E-state index in [9.17, 15) is 4.79 Å². The molecule has 0 aliphatic rings. The second-order valence-electron chi connectivity index (χ2n) is 5.42. The molecule has 1 aromatic rings. The molecule has 0 fully saturated rings. The molecule has 0 saturated carbocycles. The Bertz CT molecular complexity index is 398. The summed E-state index contributed by atoms with van der Waals surface area (Å²) < 4.78 is 1.07. The van der Waals surface area contributed by atoms with Crippen molar-refractivity contribution in [2.45, 2.75) is 38.9 Å². The lowest BCUT2D eigenvalue weighted by Gasteiger charge is -2.20. The van der Waals surface area contributed by atoms with Crippen LogP contribution >= 0.6 is 31.9 Å². The third-order valence-electron chi connectivity index (χ3n) is 2.54. The third kappa shape index (κ3) is 4.55. The van der Waals surface area contributed by atoms with Crippen molar-refractivity contribution >= 4 is 37.6 Å². The normalized spacial score (nSPS) is 13.5. The molecule has 1 atom stereocenters. The third-order valence-corrected chi connectivity index (χ3v) is 3.74. The van der Waals surface area contributed by atoms with Gasteiger partial charge in [0.2, 0.25) is 0 Å². The van der Waals surface area contributed by atoms with Crippen LogP contribution < -0.4 is 0 Å². The van der Waals surface area contributed by atoms with Gasteiger partial charge in [-0.05, 0) is 36.6 Å². The lowest BCUT2D eigenvalue weighted by atomic mass is 9.87. The van der Waals surface area contributed by atoms with E-state index < -0.39 is 0 Å². The molecular formula is C14H18Br2O. The average Bonchev–Trinajstić information content (AvgIpc) is 2.13.